The first-order valence-electron chi connectivity index (χ1n) is 8.11. The summed E-state index contributed by atoms with van der Waals surface area (Å²) in [6.07, 6.45) is 0. The second-order valence-electron chi connectivity index (χ2n) is 5.86. The van der Waals surface area contributed by atoms with E-state index in [2.05, 4.69) is 21.0 Å². The van der Waals surface area contributed by atoms with Crippen molar-refractivity contribution in [1.82, 2.24) is 9.97 Å². The van der Waals surface area contributed by atoms with Crippen molar-refractivity contribution in [3.8, 4) is 6.07 Å². The second-order valence-corrected chi connectivity index (χ2v) is 5.86. The lowest BCUT2D eigenvalue weighted by Gasteiger charge is -2.31. The molecular formula is C18H18N6O2. The van der Waals surface area contributed by atoms with Crippen molar-refractivity contribution < 1.29 is 9.53 Å². The van der Waals surface area contributed by atoms with Crippen molar-refractivity contribution in [2.75, 3.05) is 18.1 Å². The number of fused-ring (bicyclic) bond motifs is 1. The molecule has 0 saturated heterocycles. The Bertz CT molecular complexity index is 947. The smallest absolute Gasteiger partial charge is 0.315 e. The lowest BCUT2D eigenvalue weighted by molar-refractivity contribution is -0.146. The predicted octanol–water partition coefficient (Wildman–Crippen LogP) is 1.93. The number of nitrogen functional groups attached to an aromatic ring is 2. The summed E-state index contributed by atoms with van der Waals surface area (Å²) in [6, 6.07) is 9.19. The molecule has 26 heavy (non-hydrogen) atoms. The summed E-state index contributed by atoms with van der Waals surface area (Å²) in [5.41, 5.74) is 13.9. The number of nitrogens with two attached hydrogens (primary N) is 2. The number of esters is 1. The van der Waals surface area contributed by atoms with Gasteiger partial charge in [0.25, 0.3) is 0 Å². The Labute approximate surface area is 150 Å². The Morgan fingerprint density at radius 1 is 1.31 bits per heavy atom. The summed E-state index contributed by atoms with van der Waals surface area (Å²) in [5.74, 6) is -1.31. The number of hydrogen-bond acceptors (Lipinski definition) is 8. The number of aliphatic imine (C=N–C) groups is 1. The molecule has 2 unspecified atom stereocenters. The van der Waals surface area contributed by atoms with E-state index in [0.717, 1.165) is 0 Å². The first-order valence-corrected chi connectivity index (χ1v) is 8.11. The van der Waals surface area contributed by atoms with Crippen LogP contribution in [0.4, 0.5) is 17.6 Å². The molecule has 0 radical (unpaired) electrons. The molecule has 0 bridgehead atoms. The van der Waals surface area contributed by atoms with Gasteiger partial charge in [0, 0.05) is 17.2 Å². The highest BCUT2D eigenvalue weighted by Crippen LogP contribution is 2.45. The van der Waals surface area contributed by atoms with Gasteiger partial charge >= 0.3 is 5.97 Å². The van der Waals surface area contributed by atoms with Gasteiger partial charge in [-0.1, -0.05) is 18.2 Å². The molecule has 0 fully saturated rings. The minimum Gasteiger partial charge on any atom is -0.465 e. The van der Waals surface area contributed by atoms with Crippen LogP contribution in [-0.4, -0.2) is 28.3 Å². The average Bonchev–Trinajstić information content (AvgIpc) is 2.60. The van der Waals surface area contributed by atoms with E-state index < -0.39 is 17.8 Å². The van der Waals surface area contributed by atoms with Gasteiger partial charge in [0.05, 0.1) is 18.2 Å². The van der Waals surface area contributed by atoms with Gasteiger partial charge in [-0.3, -0.25) is 4.79 Å². The van der Waals surface area contributed by atoms with Gasteiger partial charge in [-0.15, -0.1) is 0 Å². The number of hydrogen-bond donors (Lipinski definition) is 2. The van der Waals surface area contributed by atoms with Crippen LogP contribution in [0.25, 0.3) is 0 Å². The fraction of sp³-hybridized carbons (Fsp3) is 0.278. The average molecular weight is 350 g/mol. The normalized spacial score (nSPS) is 18.4. The molecule has 0 spiro atoms. The number of ether oxygens (including phenoxy) is 1. The minimum absolute atomic E-state index is 0.000275. The zero-order valence-electron chi connectivity index (χ0n) is 14.4. The van der Waals surface area contributed by atoms with E-state index in [1.54, 1.807) is 38.1 Å². The fourth-order valence-corrected chi connectivity index (χ4v) is 3.26. The van der Waals surface area contributed by atoms with E-state index in [1.165, 1.54) is 0 Å². The van der Waals surface area contributed by atoms with Gasteiger partial charge in [-0.05, 0) is 25.5 Å². The first-order chi connectivity index (χ1) is 12.5. The third kappa shape index (κ3) is 2.84. The number of anilines is 2. The van der Waals surface area contributed by atoms with Gasteiger partial charge in [0.2, 0.25) is 5.95 Å². The maximum Gasteiger partial charge on any atom is 0.315 e. The van der Waals surface area contributed by atoms with Crippen LogP contribution in [0.15, 0.2) is 29.3 Å². The largest absolute Gasteiger partial charge is 0.465 e. The number of nitrogens with zero attached hydrogens (tertiary/aromatic N) is 4. The molecule has 8 nitrogen and oxygen atoms in total. The van der Waals surface area contributed by atoms with E-state index >= 15 is 0 Å². The number of benzene rings is 1. The maximum absolute atomic E-state index is 12.7. The number of carbonyl (C=O) groups excluding carboxylic acids is 1. The Balaban J connectivity index is 2.30. The summed E-state index contributed by atoms with van der Waals surface area (Å²) in [7, 11) is 0. The van der Waals surface area contributed by atoms with Crippen LogP contribution in [0, 0.1) is 17.2 Å². The van der Waals surface area contributed by atoms with Crippen LogP contribution in [0.2, 0.25) is 0 Å². The molecule has 2 aromatic rings. The molecule has 0 saturated carbocycles. The number of nitriles is 1. The second kappa shape index (κ2) is 6.80. The van der Waals surface area contributed by atoms with E-state index in [4.69, 9.17) is 16.2 Å². The lowest BCUT2D eigenvalue weighted by Crippen LogP contribution is -2.34. The highest BCUT2D eigenvalue weighted by atomic mass is 16.5. The van der Waals surface area contributed by atoms with Crippen molar-refractivity contribution in [2.24, 2.45) is 10.9 Å². The molecule has 2 atom stereocenters. The molecule has 1 aromatic carbocycles. The molecule has 2 heterocycles. The number of aromatic nitrogens is 2. The third-order valence-corrected chi connectivity index (χ3v) is 4.31. The Morgan fingerprint density at radius 3 is 2.73 bits per heavy atom. The molecule has 1 aliphatic rings. The van der Waals surface area contributed by atoms with Gasteiger partial charge < -0.3 is 16.2 Å². The minimum atomic E-state index is -0.730. The van der Waals surface area contributed by atoms with E-state index in [0.29, 0.717) is 28.2 Å². The molecule has 1 aromatic heterocycles. The standard InChI is InChI=1S/C18H18N6O2/c1-3-26-17(25)12-9(2)22-16-14(15(20)23-18(21)24-16)13(12)11-7-5-4-6-10(11)8-19/h4-7,12-13H,3H2,1-2H3,(H4,20,21,23,24). The molecule has 0 amide bonds. The lowest BCUT2D eigenvalue weighted by atomic mass is 9.75. The van der Waals surface area contributed by atoms with Crippen LogP contribution in [-0.2, 0) is 9.53 Å². The van der Waals surface area contributed by atoms with Crippen molar-refractivity contribution in [2.45, 2.75) is 19.8 Å². The topological polar surface area (TPSA) is 140 Å². The third-order valence-electron chi connectivity index (χ3n) is 4.31. The monoisotopic (exact) mass is 350 g/mol. The quantitative estimate of drug-likeness (QED) is 0.806. The van der Waals surface area contributed by atoms with Gasteiger partial charge in [0.1, 0.15) is 11.7 Å². The zero-order valence-corrected chi connectivity index (χ0v) is 14.4. The Kier molecular flexibility index (Phi) is 4.54. The van der Waals surface area contributed by atoms with Crippen LogP contribution in [0.3, 0.4) is 0 Å². The van der Waals surface area contributed by atoms with Crippen molar-refractivity contribution in [3.05, 3.63) is 41.0 Å². The van der Waals surface area contributed by atoms with Crippen LogP contribution < -0.4 is 11.5 Å². The summed E-state index contributed by atoms with van der Waals surface area (Å²) in [4.78, 5) is 25.3. The highest BCUT2D eigenvalue weighted by molar-refractivity contribution is 6.05. The molecular weight excluding hydrogens is 332 g/mol. The van der Waals surface area contributed by atoms with Crippen LogP contribution >= 0.6 is 0 Å². The molecule has 1 aliphatic heterocycles. The predicted molar refractivity (Wildman–Crippen MR) is 96.7 cm³/mol. The zero-order chi connectivity index (χ0) is 18.8. The number of rotatable bonds is 3. The van der Waals surface area contributed by atoms with Crippen molar-refractivity contribution in [3.63, 3.8) is 0 Å². The highest BCUT2D eigenvalue weighted by Gasteiger charge is 2.41. The number of carbonyl (C=O) groups is 1. The maximum atomic E-state index is 12.7. The van der Waals surface area contributed by atoms with E-state index in [-0.39, 0.29) is 18.4 Å². The fourth-order valence-electron chi connectivity index (χ4n) is 3.26. The Hall–Kier alpha value is -3.47. The summed E-state index contributed by atoms with van der Waals surface area (Å²) in [5, 5.41) is 9.53. The SMILES string of the molecule is CCOC(=O)C1C(C)=Nc2nc(N)nc(N)c2C1c1ccccc1C#N. The summed E-state index contributed by atoms with van der Waals surface area (Å²) in [6.45, 7) is 3.69. The van der Waals surface area contributed by atoms with E-state index in [1.807, 2.05) is 0 Å². The molecule has 4 N–H and O–H groups in total. The summed E-state index contributed by atoms with van der Waals surface area (Å²) < 4.78 is 5.25. The van der Waals surface area contributed by atoms with Crippen LogP contribution in [0.5, 0.6) is 0 Å². The van der Waals surface area contributed by atoms with Gasteiger partial charge in [0.15, 0.2) is 5.82 Å². The van der Waals surface area contributed by atoms with Crippen molar-refractivity contribution in [1.29, 1.82) is 5.26 Å². The molecule has 0 aliphatic carbocycles. The first kappa shape index (κ1) is 17.4. The molecule has 8 heteroatoms. The molecule has 3 rings (SSSR count). The van der Waals surface area contributed by atoms with Crippen molar-refractivity contribution >= 4 is 29.3 Å². The van der Waals surface area contributed by atoms with E-state index in [9.17, 15) is 10.1 Å². The Morgan fingerprint density at radius 2 is 2.04 bits per heavy atom. The van der Waals surface area contributed by atoms with Gasteiger partial charge in [-0.2, -0.15) is 15.2 Å². The van der Waals surface area contributed by atoms with Crippen LogP contribution in [0.1, 0.15) is 36.5 Å². The van der Waals surface area contributed by atoms with Gasteiger partial charge in [-0.25, -0.2) is 4.99 Å². The molecule has 132 valence electrons. The summed E-state index contributed by atoms with van der Waals surface area (Å²) >= 11 is 0.